The van der Waals surface area contributed by atoms with Crippen LogP contribution in [-0.2, 0) is 4.79 Å². The quantitative estimate of drug-likeness (QED) is 0.650. The molecule has 0 aliphatic heterocycles. The summed E-state index contributed by atoms with van der Waals surface area (Å²) in [6, 6.07) is 0. The maximum absolute atomic E-state index is 11.5. The van der Waals surface area contributed by atoms with E-state index in [1.54, 1.807) is 0 Å². The first kappa shape index (κ1) is 11.7. The lowest BCUT2D eigenvalue weighted by atomic mass is 9.78. The molecular weight excluding hydrogens is 172 g/mol. The first-order valence-electron chi connectivity index (χ1n) is 6.08. The molecule has 0 aromatic rings. The van der Waals surface area contributed by atoms with Gasteiger partial charge in [-0.3, -0.25) is 4.79 Å². The Labute approximate surface area is 88.3 Å². The Morgan fingerprint density at radius 2 is 2.14 bits per heavy atom. The van der Waals surface area contributed by atoms with Crippen LogP contribution in [0.15, 0.2) is 0 Å². The summed E-state index contributed by atoms with van der Waals surface area (Å²) < 4.78 is 0. The Bertz CT molecular complexity index is 193. The monoisotopic (exact) mass is 196 g/mol. The predicted molar refractivity (Wildman–Crippen MR) is 60.3 cm³/mol. The van der Waals surface area contributed by atoms with E-state index in [0.29, 0.717) is 17.1 Å². The van der Waals surface area contributed by atoms with Crippen LogP contribution in [0, 0.1) is 11.3 Å². The van der Waals surface area contributed by atoms with Crippen LogP contribution in [-0.4, -0.2) is 5.78 Å². The molecule has 1 aliphatic carbocycles. The van der Waals surface area contributed by atoms with Crippen LogP contribution in [0.3, 0.4) is 0 Å². The van der Waals surface area contributed by atoms with Gasteiger partial charge in [0.1, 0.15) is 5.78 Å². The van der Waals surface area contributed by atoms with Crippen molar-refractivity contribution in [3.8, 4) is 0 Å². The number of carbonyl (C=O) groups is 1. The number of hydrogen-bond acceptors (Lipinski definition) is 1. The molecule has 1 heteroatoms. The first-order chi connectivity index (χ1) is 6.55. The number of Topliss-reactive ketones (excluding diaryl/α,β-unsaturated/α-hetero) is 1. The first-order valence-corrected chi connectivity index (χ1v) is 6.08. The topological polar surface area (TPSA) is 17.1 Å². The van der Waals surface area contributed by atoms with Gasteiger partial charge in [0.05, 0.1) is 0 Å². The molecule has 82 valence electrons. The predicted octanol–water partition coefficient (Wildman–Crippen LogP) is 3.96. The molecule has 1 atom stereocenters. The van der Waals surface area contributed by atoms with Crippen molar-refractivity contribution in [2.75, 3.05) is 0 Å². The van der Waals surface area contributed by atoms with E-state index in [1.165, 1.54) is 19.3 Å². The summed E-state index contributed by atoms with van der Waals surface area (Å²) in [4.78, 5) is 11.5. The van der Waals surface area contributed by atoms with Crippen LogP contribution in [0.2, 0.25) is 0 Å². The molecule has 0 bridgehead atoms. The molecule has 1 unspecified atom stereocenters. The standard InChI is InChI=1S/C13H24O/c1-4-5-9-13(2,3)10-11-7-6-8-12(11)14/h11H,4-10H2,1-3H3. The lowest BCUT2D eigenvalue weighted by Gasteiger charge is -2.27. The molecule has 1 nitrogen and oxygen atoms in total. The molecule has 0 heterocycles. The fraction of sp³-hybridized carbons (Fsp3) is 0.923. The minimum atomic E-state index is 0.376. The zero-order valence-corrected chi connectivity index (χ0v) is 9.94. The van der Waals surface area contributed by atoms with E-state index in [-0.39, 0.29) is 0 Å². The molecular formula is C13H24O. The average molecular weight is 196 g/mol. The molecule has 0 amide bonds. The number of carbonyl (C=O) groups excluding carboxylic acids is 1. The maximum Gasteiger partial charge on any atom is 0.135 e. The molecule has 0 saturated heterocycles. The molecule has 0 aromatic carbocycles. The highest BCUT2D eigenvalue weighted by Gasteiger charge is 2.30. The number of ketones is 1. The normalized spacial score (nSPS) is 23.1. The minimum Gasteiger partial charge on any atom is -0.299 e. The zero-order chi connectivity index (χ0) is 10.6. The van der Waals surface area contributed by atoms with Crippen molar-refractivity contribution >= 4 is 5.78 Å². The third-order valence-electron chi connectivity index (χ3n) is 3.44. The van der Waals surface area contributed by atoms with E-state index >= 15 is 0 Å². The van der Waals surface area contributed by atoms with E-state index < -0.39 is 0 Å². The van der Waals surface area contributed by atoms with Gasteiger partial charge in [-0.1, -0.05) is 33.6 Å². The summed E-state index contributed by atoms with van der Waals surface area (Å²) in [5, 5.41) is 0. The summed E-state index contributed by atoms with van der Waals surface area (Å²) in [5.41, 5.74) is 0.376. The third kappa shape index (κ3) is 3.43. The highest BCUT2D eigenvalue weighted by atomic mass is 16.1. The van der Waals surface area contributed by atoms with Crippen LogP contribution in [0.4, 0.5) is 0 Å². The molecule has 14 heavy (non-hydrogen) atoms. The van der Waals surface area contributed by atoms with Gasteiger partial charge in [-0.2, -0.15) is 0 Å². The Morgan fingerprint density at radius 1 is 1.43 bits per heavy atom. The zero-order valence-electron chi connectivity index (χ0n) is 9.94. The minimum absolute atomic E-state index is 0.376. The van der Waals surface area contributed by atoms with Crippen molar-refractivity contribution in [2.24, 2.45) is 11.3 Å². The second-order valence-corrected chi connectivity index (χ2v) is 5.53. The molecule has 1 rings (SSSR count). The second kappa shape index (κ2) is 4.95. The molecule has 1 fully saturated rings. The Balaban J connectivity index is 2.37. The molecule has 1 saturated carbocycles. The fourth-order valence-corrected chi connectivity index (χ4v) is 2.53. The Kier molecular flexibility index (Phi) is 4.15. The largest absolute Gasteiger partial charge is 0.299 e. The van der Waals surface area contributed by atoms with Crippen molar-refractivity contribution in [3.63, 3.8) is 0 Å². The van der Waals surface area contributed by atoms with E-state index in [0.717, 1.165) is 25.7 Å². The van der Waals surface area contributed by atoms with Crippen molar-refractivity contribution in [2.45, 2.75) is 65.7 Å². The molecule has 0 spiro atoms. The van der Waals surface area contributed by atoms with Crippen LogP contribution < -0.4 is 0 Å². The number of unbranched alkanes of at least 4 members (excludes halogenated alkanes) is 1. The summed E-state index contributed by atoms with van der Waals surface area (Å²) in [6.45, 7) is 6.86. The average Bonchev–Trinajstić information content (AvgIpc) is 2.48. The van der Waals surface area contributed by atoms with Gasteiger partial charge in [0.25, 0.3) is 0 Å². The lowest BCUT2D eigenvalue weighted by molar-refractivity contribution is -0.121. The smallest absolute Gasteiger partial charge is 0.135 e. The maximum atomic E-state index is 11.5. The van der Waals surface area contributed by atoms with E-state index in [2.05, 4.69) is 20.8 Å². The number of hydrogen-bond donors (Lipinski definition) is 0. The Morgan fingerprint density at radius 3 is 2.64 bits per heavy atom. The van der Waals surface area contributed by atoms with Crippen molar-refractivity contribution < 1.29 is 4.79 Å². The highest BCUT2D eigenvalue weighted by Crippen LogP contribution is 2.36. The fourth-order valence-electron chi connectivity index (χ4n) is 2.53. The third-order valence-corrected chi connectivity index (χ3v) is 3.44. The molecule has 0 N–H and O–H groups in total. The van der Waals surface area contributed by atoms with Gasteiger partial charge in [-0.15, -0.1) is 0 Å². The van der Waals surface area contributed by atoms with Gasteiger partial charge >= 0.3 is 0 Å². The summed E-state index contributed by atoms with van der Waals surface area (Å²) in [7, 11) is 0. The Hall–Kier alpha value is -0.330. The SMILES string of the molecule is CCCCC(C)(C)CC1CCCC1=O. The van der Waals surface area contributed by atoms with Crippen molar-refractivity contribution in [1.82, 2.24) is 0 Å². The van der Waals surface area contributed by atoms with Gasteiger partial charge in [-0.25, -0.2) is 0 Å². The van der Waals surface area contributed by atoms with Gasteiger partial charge in [-0.05, 0) is 31.1 Å². The summed E-state index contributed by atoms with van der Waals surface area (Å²) in [6.07, 6.45) is 8.07. The van der Waals surface area contributed by atoms with Crippen molar-refractivity contribution in [1.29, 1.82) is 0 Å². The van der Waals surface area contributed by atoms with E-state index in [1.807, 2.05) is 0 Å². The molecule has 0 aromatic heterocycles. The van der Waals surface area contributed by atoms with E-state index in [9.17, 15) is 4.79 Å². The molecule has 0 radical (unpaired) electrons. The lowest BCUT2D eigenvalue weighted by Crippen LogP contribution is -2.19. The van der Waals surface area contributed by atoms with Gasteiger partial charge in [0, 0.05) is 12.3 Å². The van der Waals surface area contributed by atoms with Crippen molar-refractivity contribution in [3.05, 3.63) is 0 Å². The summed E-state index contributed by atoms with van der Waals surface area (Å²) >= 11 is 0. The van der Waals surface area contributed by atoms with Gasteiger partial charge < -0.3 is 0 Å². The van der Waals surface area contributed by atoms with Gasteiger partial charge in [0.2, 0.25) is 0 Å². The summed E-state index contributed by atoms with van der Waals surface area (Å²) in [5.74, 6) is 0.913. The van der Waals surface area contributed by atoms with Gasteiger partial charge in [0.15, 0.2) is 0 Å². The van der Waals surface area contributed by atoms with Crippen LogP contribution in [0.5, 0.6) is 0 Å². The second-order valence-electron chi connectivity index (χ2n) is 5.53. The van der Waals surface area contributed by atoms with Crippen LogP contribution in [0.25, 0.3) is 0 Å². The number of rotatable bonds is 5. The van der Waals surface area contributed by atoms with Crippen LogP contribution >= 0.6 is 0 Å². The molecule has 1 aliphatic rings. The van der Waals surface area contributed by atoms with E-state index in [4.69, 9.17) is 0 Å². The van der Waals surface area contributed by atoms with Crippen LogP contribution in [0.1, 0.15) is 65.7 Å². The highest BCUT2D eigenvalue weighted by molar-refractivity contribution is 5.82.